The number of nitrogens with one attached hydrogen (secondary N) is 1. The van der Waals surface area contributed by atoms with Crippen molar-refractivity contribution in [2.75, 3.05) is 26.2 Å². The second-order valence-corrected chi connectivity index (χ2v) is 5.08. The minimum atomic E-state index is -0.152. The van der Waals surface area contributed by atoms with Crippen molar-refractivity contribution in [2.24, 2.45) is 11.8 Å². The van der Waals surface area contributed by atoms with E-state index in [4.69, 9.17) is 0 Å². The molecule has 2 saturated heterocycles. The van der Waals surface area contributed by atoms with Gasteiger partial charge in [-0.1, -0.05) is 13.8 Å². The first-order valence-electron chi connectivity index (χ1n) is 5.81. The summed E-state index contributed by atoms with van der Waals surface area (Å²) in [7, 11) is 0. The molecule has 2 rings (SSSR count). The third-order valence-corrected chi connectivity index (χ3v) is 3.82. The monoisotopic (exact) mass is 198 g/mol. The van der Waals surface area contributed by atoms with Crippen LogP contribution in [0.1, 0.15) is 20.3 Å². The van der Waals surface area contributed by atoms with Gasteiger partial charge in [0, 0.05) is 25.7 Å². The van der Waals surface area contributed by atoms with Crippen LogP contribution >= 0.6 is 0 Å². The van der Waals surface area contributed by atoms with Crippen molar-refractivity contribution in [1.82, 2.24) is 10.2 Å². The van der Waals surface area contributed by atoms with Crippen molar-refractivity contribution in [2.45, 2.75) is 32.4 Å². The molecule has 3 unspecified atom stereocenters. The highest BCUT2D eigenvalue weighted by molar-refractivity contribution is 4.92. The van der Waals surface area contributed by atoms with Crippen LogP contribution in [0.5, 0.6) is 0 Å². The maximum atomic E-state index is 9.77. The van der Waals surface area contributed by atoms with Crippen LogP contribution < -0.4 is 5.32 Å². The normalized spacial score (nSPS) is 39.9. The van der Waals surface area contributed by atoms with Crippen molar-refractivity contribution >= 4 is 0 Å². The second-order valence-electron chi connectivity index (χ2n) is 5.08. The SMILES string of the molecule is CC(C)C1CCN(C2CNCC2O)C1. The van der Waals surface area contributed by atoms with Crippen LogP contribution in [0.25, 0.3) is 0 Å². The molecule has 0 aromatic heterocycles. The third kappa shape index (κ3) is 1.95. The maximum absolute atomic E-state index is 9.77. The van der Waals surface area contributed by atoms with E-state index in [9.17, 15) is 5.11 Å². The van der Waals surface area contributed by atoms with Gasteiger partial charge in [0.05, 0.1) is 6.10 Å². The summed E-state index contributed by atoms with van der Waals surface area (Å²) in [6.07, 6.45) is 1.15. The molecule has 2 aliphatic rings. The van der Waals surface area contributed by atoms with Crippen LogP contribution in [0.15, 0.2) is 0 Å². The molecule has 2 aliphatic heterocycles. The molecule has 2 heterocycles. The van der Waals surface area contributed by atoms with Crippen molar-refractivity contribution in [3.63, 3.8) is 0 Å². The molecule has 82 valence electrons. The number of rotatable bonds is 2. The average Bonchev–Trinajstić information content (AvgIpc) is 2.71. The van der Waals surface area contributed by atoms with Gasteiger partial charge in [-0.3, -0.25) is 4.90 Å². The zero-order valence-corrected chi connectivity index (χ0v) is 9.24. The van der Waals surface area contributed by atoms with Gasteiger partial charge in [-0.05, 0) is 24.8 Å². The van der Waals surface area contributed by atoms with Crippen molar-refractivity contribution in [1.29, 1.82) is 0 Å². The molecule has 2 N–H and O–H groups in total. The largest absolute Gasteiger partial charge is 0.390 e. The van der Waals surface area contributed by atoms with Crippen LogP contribution in [0.4, 0.5) is 0 Å². The highest BCUT2D eigenvalue weighted by Crippen LogP contribution is 2.26. The van der Waals surface area contributed by atoms with Crippen LogP contribution in [0, 0.1) is 11.8 Å². The van der Waals surface area contributed by atoms with Gasteiger partial charge < -0.3 is 10.4 Å². The molecule has 0 aliphatic carbocycles. The number of β-amino-alcohol motifs (C(OH)–C–C–N with tert-alkyl or cyclic N) is 1. The lowest BCUT2D eigenvalue weighted by molar-refractivity contribution is 0.0946. The zero-order chi connectivity index (χ0) is 10.1. The van der Waals surface area contributed by atoms with E-state index in [0.717, 1.165) is 24.9 Å². The molecule has 0 bridgehead atoms. The van der Waals surface area contributed by atoms with Crippen LogP contribution in [-0.2, 0) is 0 Å². The molecular weight excluding hydrogens is 176 g/mol. The van der Waals surface area contributed by atoms with Gasteiger partial charge in [0.1, 0.15) is 0 Å². The van der Waals surface area contributed by atoms with Crippen molar-refractivity contribution in [3.05, 3.63) is 0 Å². The van der Waals surface area contributed by atoms with E-state index in [2.05, 4.69) is 24.1 Å². The van der Waals surface area contributed by atoms with Crippen molar-refractivity contribution in [3.8, 4) is 0 Å². The zero-order valence-electron chi connectivity index (χ0n) is 9.24. The Labute approximate surface area is 86.5 Å². The summed E-state index contributed by atoms with van der Waals surface area (Å²) in [4.78, 5) is 2.47. The maximum Gasteiger partial charge on any atom is 0.0831 e. The smallest absolute Gasteiger partial charge is 0.0831 e. The molecular formula is C11H22N2O. The summed E-state index contributed by atoms with van der Waals surface area (Å²) in [5.74, 6) is 1.62. The fraction of sp³-hybridized carbons (Fsp3) is 1.00. The Morgan fingerprint density at radius 1 is 1.36 bits per heavy atom. The van der Waals surface area contributed by atoms with E-state index in [1.165, 1.54) is 19.5 Å². The number of aliphatic hydroxyl groups is 1. The van der Waals surface area contributed by atoms with Crippen LogP contribution in [0.3, 0.4) is 0 Å². The number of likely N-dealkylation sites (tertiary alicyclic amines) is 1. The Kier molecular flexibility index (Phi) is 3.10. The fourth-order valence-corrected chi connectivity index (χ4v) is 2.68. The number of nitrogens with zero attached hydrogens (tertiary/aromatic N) is 1. The Balaban J connectivity index is 1.88. The molecule has 3 heteroatoms. The van der Waals surface area contributed by atoms with E-state index in [0.29, 0.717) is 6.04 Å². The number of aliphatic hydroxyl groups excluding tert-OH is 1. The molecule has 14 heavy (non-hydrogen) atoms. The Bertz CT molecular complexity index is 196. The van der Waals surface area contributed by atoms with Gasteiger partial charge in [-0.2, -0.15) is 0 Å². The van der Waals surface area contributed by atoms with Gasteiger partial charge >= 0.3 is 0 Å². The van der Waals surface area contributed by atoms with E-state index >= 15 is 0 Å². The minimum absolute atomic E-state index is 0.152. The number of hydrogen-bond acceptors (Lipinski definition) is 3. The summed E-state index contributed by atoms with van der Waals surface area (Å²) >= 11 is 0. The minimum Gasteiger partial charge on any atom is -0.390 e. The highest BCUT2D eigenvalue weighted by Gasteiger charge is 2.35. The first-order chi connectivity index (χ1) is 6.68. The Hall–Kier alpha value is -0.120. The molecule has 0 saturated carbocycles. The van der Waals surface area contributed by atoms with Gasteiger partial charge in [0.25, 0.3) is 0 Å². The molecule has 0 spiro atoms. The van der Waals surface area contributed by atoms with E-state index < -0.39 is 0 Å². The molecule has 2 fully saturated rings. The van der Waals surface area contributed by atoms with Gasteiger partial charge in [0.2, 0.25) is 0 Å². The van der Waals surface area contributed by atoms with E-state index in [1.807, 2.05) is 0 Å². The highest BCUT2D eigenvalue weighted by atomic mass is 16.3. The quantitative estimate of drug-likeness (QED) is 0.670. The Morgan fingerprint density at radius 3 is 2.64 bits per heavy atom. The second kappa shape index (κ2) is 4.17. The molecule has 0 aromatic carbocycles. The predicted molar refractivity (Wildman–Crippen MR) is 57.2 cm³/mol. The molecule has 0 radical (unpaired) electrons. The van der Waals surface area contributed by atoms with Gasteiger partial charge in [-0.25, -0.2) is 0 Å². The summed E-state index contributed by atoms with van der Waals surface area (Å²) < 4.78 is 0. The van der Waals surface area contributed by atoms with Crippen molar-refractivity contribution < 1.29 is 5.11 Å². The first-order valence-corrected chi connectivity index (χ1v) is 5.81. The third-order valence-electron chi connectivity index (χ3n) is 3.82. The average molecular weight is 198 g/mol. The number of hydrogen-bond donors (Lipinski definition) is 2. The molecule has 0 amide bonds. The first kappa shape index (κ1) is 10.4. The Morgan fingerprint density at radius 2 is 2.14 bits per heavy atom. The molecule has 3 atom stereocenters. The fourth-order valence-electron chi connectivity index (χ4n) is 2.68. The van der Waals surface area contributed by atoms with E-state index in [-0.39, 0.29) is 6.10 Å². The van der Waals surface area contributed by atoms with Crippen LogP contribution in [0.2, 0.25) is 0 Å². The molecule has 0 aromatic rings. The lowest BCUT2D eigenvalue weighted by Gasteiger charge is -2.26. The summed E-state index contributed by atoms with van der Waals surface area (Å²) in [6, 6.07) is 0.374. The lowest BCUT2D eigenvalue weighted by atomic mass is 9.95. The van der Waals surface area contributed by atoms with Gasteiger partial charge in [-0.15, -0.1) is 0 Å². The molecule has 3 nitrogen and oxygen atoms in total. The lowest BCUT2D eigenvalue weighted by Crippen LogP contribution is -2.42. The van der Waals surface area contributed by atoms with E-state index in [1.54, 1.807) is 0 Å². The standard InChI is InChI=1S/C11H22N2O/c1-8(2)9-3-4-13(7-9)10-5-12-6-11(10)14/h8-12,14H,3-7H2,1-2H3. The predicted octanol–water partition coefficient (Wildman–Crippen LogP) is 0.297. The topological polar surface area (TPSA) is 35.5 Å². The summed E-state index contributed by atoms with van der Waals surface area (Å²) in [6.45, 7) is 8.70. The van der Waals surface area contributed by atoms with Gasteiger partial charge in [0.15, 0.2) is 0 Å². The summed E-state index contributed by atoms with van der Waals surface area (Å²) in [5.41, 5.74) is 0. The summed E-state index contributed by atoms with van der Waals surface area (Å²) in [5, 5.41) is 13.0. The van der Waals surface area contributed by atoms with Crippen LogP contribution in [-0.4, -0.2) is 48.3 Å².